The molecular weight excluding hydrogens is 164 g/mol. The van der Waals surface area contributed by atoms with Gasteiger partial charge in [-0.25, -0.2) is 0 Å². The van der Waals surface area contributed by atoms with Crippen LogP contribution in [-0.4, -0.2) is 29.9 Å². The lowest BCUT2D eigenvalue weighted by atomic mass is 10.1. The minimum Gasteiger partial charge on any atom is -0.481 e. The normalized spacial score (nSPS) is 11.8. The number of carbonyl (C=O) groups is 3. The Morgan fingerprint density at radius 2 is 2.17 bits per heavy atom. The third-order valence-electron chi connectivity index (χ3n) is 1.17. The molecule has 0 aromatic carbocycles. The maximum atomic E-state index is 10.7. The summed E-state index contributed by atoms with van der Waals surface area (Å²) < 4.78 is 4.46. The van der Waals surface area contributed by atoms with E-state index in [2.05, 4.69) is 4.74 Å². The number of carboxylic acid groups (broad SMARTS) is 1. The van der Waals surface area contributed by atoms with Crippen molar-refractivity contribution in [1.82, 2.24) is 0 Å². The van der Waals surface area contributed by atoms with Crippen LogP contribution in [0.3, 0.4) is 0 Å². The molecule has 0 spiro atoms. The number of carbonyl (C=O) groups excluding carboxylic acids is 2. The van der Waals surface area contributed by atoms with Crippen molar-refractivity contribution in [3.63, 3.8) is 0 Å². The van der Waals surface area contributed by atoms with Crippen molar-refractivity contribution >= 4 is 18.2 Å². The zero-order chi connectivity index (χ0) is 9.56. The van der Waals surface area contributed by atoms with Crippen LogP contribution in [0.25, 0.3) is 0 Å². The van der Waals surface area contributed by atoms with Gasteiger partial charge in [-0.05, 0) is 6.92 Å². The van der Waals surface area contributed by atoms with Crippen LogP contribution in [-0.2, 0) is 19.1 Å². The second-order valence-electron chi connectivity index (χ2n) is 2.09. The number of ether oxygens (including phenoxy) is 1. The van der Waals surface area contributed by atoms with Crippen molar-refractivity contribution in [3.05, 3.63) is 0 Å². The Kier molecular flexibility index (Phi) is 4.67. The lowest BCUT2D eigenvalue weighted by molar-refractivity contribution is -0.152. The Bertz CT molecular complexity index is 186. The Labute approximate surface area is 69.3 Å². The van der Waals surface area contributed by atoms with Gasteiger partial charge in [0.2, 0.25) is 0 Å². The number of aliphatic carboxylic acids is 1. The van der Waals surface area contributed by atoms with Crippen LogP contribution < -0.4 is 0 Å². The van der Waals surface area contributed by atoms with Crippen LogP contribution in [0.15, 0.2) is 0 Å². The van der Waals surface area contributed by atoms with Crippen molar-refractivity contribution in [2.45, 2.75) is 13.3 Å². The molecule has 0 aliphatic carbocycles. The van der Waals surface area contributed by atoms with Crippen molar-refractivity contribution < 1.29 is 24.2 Å². The maximum absolute atomic E-state index is 10.7. The minimum atomic E-state index is -1.31. The molecule has 1 atom stereocenters. The Balaban J connectivity index is 3.94. The van der Waals surface area contributed by atoms with Crippen molar-refractivity contribution in [3.8, 4) is 0 Å². The fourth-order valence-electron chi connectivity index (χ4n) is 0.593. The van der Waals surface area contributed by atoms with Crippen LogP contribution in [0.5, 0.6) is 0 Å². The molecule has 0 fully saturated rings. The predicted molar refractivity (Wildman–Crippen MR) is 38.4 cm³/mol. The molecule has 0 saturated carbocycles. The zero-order valence-corrected chi connectivity index (χ0v) is 6.65. The molecule has 12 heavy (non-hydrogen) atoms. The highest BCUT2D eigenvalue weighted by Crippen LogP contribution is 2.01. The molecule has 5 heteroatoms. The van der Waals surface area contributed by atoms with Crippen molar-refractivity contribution in [2.75, 3.05) is 6.61 Å². The van der Waals surface area contributed by atoms with E-state index in [1.165, 1.54) is 0 Å². The van der Waals surface area contributed by atoms with E-state index in [-0.39, 0.29) is 12.9 Å². The van der Waals surface area contributed by atoms with E-state index in [1.807, 2.05) is 0 Å². The highest BCUT2D eigenvalue weighted by molar-refractivity contribution is 5.90. The summed E-state index contributed by atoms with van der Waals surface area (Å²) in [6.07, 6.45) is -0.175. The van der Waals surface area contributed by atoms with Crippen molar-refractivity contribution in [1.29, 1.82) is 0 Å². The number of esters is 1. The van der Waals surface area contributed by atoms with Crippen LogP contribution in [0.4, 0.5) is 0 Å². The average molecular weight is 174 g/mol. The summed E-state index contributed by atoms with van der Waals surface area (Å²) in [5.74, 6) is -3.26. The number of carboxylic acids is 1. The molecule has 68 valence electrons. The van der Waals surface area contributed by atoms with E-state index >= 15 is 0 Å². The lowest BCUT2D eigenvalue weighted by Gasteiger charge is -2.03. The Morgan fingerprint density at radius 3 is 2.50 bits per heavy atom. The molecule has 0 aromatic heterocycles. The summed E-state index contributed by atoms with van der Waals surface area (Å²) in [5.41, 5.74) is 0. The molecule has 1 unspecified atom stereocenters. The highest BCUT2D eigenvalue weighted by Gasteiger charge is 2.20. The monoisotopic (exact) mass is 174 g/mol. The zero-order valence-electron chi connectivity index (χ0n) is 6.65. The van der Waals surface area contributed by atoms with E-state index < -0.39 is 24.3 Å². The second kappa shape index (κ2) is 5.29. The van der Waals surface area contributed by atoms with Crippen LogP contribution in [0.2, 0.25) is 0 Å². The summed E-state index contributed by atoms with van der Waals surface area (Å²) in [5, 5.41) is 8.35. The molecule has 0 heterocycles. The Morgan fingerprint density at radius 1 is 1.58 bits per heavy atom. The lowest BCUT2D eigenvalue weighted by Crippen LogP contribution is -2.20. The molecule has 0 amide bonds. The van der Waals surface area contributed by atoms with E-state index in [0.717, 1.165) is 0 Å². The topological polar surface area (TPSA) is 80.7 Å². The summed E-state index contributed by atoms with van der Waals surface area (Å²) in [6, 6.07) is 0. The molecule has 0 radical (unpaired) electrons. The van der Waals surface area contributed by atoms with Gasteiger partial charge in [-0.15, -0.1) is 0 Å². The van der Waals surface area contributed by atoms with Gasteiger partial charge >= 0.3 is 11.9 Å². The first-order valence-corrected chi connectivity index (χ1v) is 3.45. The van der Waals surface area contributed by atoms with Gasteiger partial charge in [-0.1, -0.05) is 0 Å². The fraction of sp³-hybridized carbons (Fsp3) is 0.571. The first kappa shape index (κ1) is 10.6. The van der Waals surface area contributed by atoms with Gasteiger partial charge in [0, 0.05) is 0 Å². The van der Waals surface area contributed by atoms with Gasteiger partial charge in [0.15, 0.2) is 0 Å². The summed E-state index contributed by atoms with van der Waals surface area (Å²) in [6.45, 7) is 1.79. The Hall–Kier alpha value is -1.39. The van der Waals surface area contributed by atoms with Gasteiger partial charge in [-0.3, -0.25) is 9.59 Å². The van der Waals surface area contributed by atoms with E-state index in [0.29, 0.717) is 0 Å². The maximum Gasteiger partial charge on any atom is 0.314 e. The molecule has 0 aliphatic rings. The van der Waals surface area contributed by atoms with E-state index in [4.69, 9.17) is 5.11 Å². The quantitative estimate of drug-likeness (QED) is 0.356. The molecule has 0 saturated heterocycles. The molecule has 0 bridgehead atoms. The third-order valence-corrected chi connectivity index (χ3v) is 1.17. The number of hydrogen-bond donors (Lipinski definition) is 1. The van der Waals surface area contributed by atoms with Gasteiger partial charge < -0.3 is 14.6 Å². The van der Waals surface area contributed by atoms with Gasteiger partial charge in [0.25, 0.3) is 0 Å². The first-order chi connectivity index (χ1) is 5.61. The van der Waals surface area contributed by atoms with E-state index in [1.54, 1.807) is 6.92 Å². The number of rotatable bonds is 5. The average Bonchev–Trinajstić information content (AvgIpc) is 2.00. The third kappa shape index (κ3) is 3.70. The highest BCUT2D eigenvalue weighted by atomic mass is 16.5. The minimum absolute atomic E-state index is 0.185. The molecule has 0 aromatic rings. The fourth-order valence-corrected chi connectivity index (χ4v) is 0.593. The number of aldehydes is 1. The smallest absolute Gasteiger partial charge is 0.314 e. The number of hydrogen-bond acceptors (Lipinski definition) is 4. The molecule has 0 rings (SSSR count). The SMILES string of the molecule is CCOC(=O)CC(C=O)C(=O)O. The summed E-state index contributed by atoms with van der Waals surface area (Å²) in [4.78, 5) is 31.0. The van der Waals surface area contributed by atoms with Crippen LogP contribution in [0.1, 0.15) is 13.3 Å². The largest absolute Gasteiger partial charge is 0.481 e. The first-order valence-electron chi connectivity index (χ1n) is 3.45. The molecule has 1 N–H and O–H groups in total. The van der Waals surface area contributed by atoms with Crippen LogP contribution >= 0.6 is 0 Å². The molecule has 0 aliphatic heterocycles. The second-order valence-corrected chi connectivity index (χ2v) is 2.09. The summed E-state index contributed by atoms with van der Waals surface area (Å²) >= 11 is 0. The van der Waals surface area contributed by atoms with E-state index in [9.17, 15) is 14.4 Å². The standard InChI is InChI=1S/C7H10O5/c1-2-12-6(9)3-5(4-8)7(10)11/h4-5H,2-3H2,1H3,(H,10,11). The van der Waals surface area contributed by atoms with Gasteiger partial charge in [0.05, 0.1) is 13.0 Å². The molecule has 5 nitrogen and oxygen atoms in total. The summed E-state index contributed by atoms with van der Waals surface area (Å²) in [7, 11) is 0. The van der Waals surface area contributed by atoms with Gasteiger partial charge in [-0.2, -0.15) is 0 Å². The van der Waals surface area contributed by atoms with Crippen molar-refractivity contribution in [2.24, 2.45) is 5.92 Å². The van der Waals surface area contributed by atoms with Gasteiger partial charge in [0.1, 0.15) is 12.2 Å². The van der Waals surface area contributed by atoms with Crippen LogP contribution in [0, 0.1) is 5.92 Å². The molecular formula is C7H10O5. The predicted octanol–water partition coefficient (Wildman–Crippen LogP) is -0.161.